The van der Waals surface area contributed by atoms with Crippen molar-refractivity contribution in [3.63, 3.8) is 0 Å². The summed E-state index contributed by atoms with van der Waals surface area (Å²) in [5.74, 6) is -0.297. The SMILES string of the molecule is CC(=O)Nc1ccc(-c2csc(NC(=O)c3ccc(SCc4cscn4)cc3)n2)c(F)c1. The van der Waals surface area contributed by atoms with E-state index >= 15 is 0 Å². The second kappa shape index (κ2) is 10.0. The van der Waals surface area contributed by atoms with Gasteiger partial charge in [0.25, 0.3) is 5.91 Å². The molecule has 10 heteroatoms. The third kappa shape index (κ3) is 5.58. The molecular formula is C22H17FN4O2S3. The number of amides is 2. The molecule has 0 saturated heterocycles. The van der Waals surface area contributed by atoms with Crippen LogP contribution in [-0.4, -0.2) is 21.8 Å². The molecule has 0 radical (unpaired) electrons. The van der Waals surface area contributed by atoms with Crippen molar-refractivity contribution in [2.45, 2.75) is 17.6 Å². The van der Waals surface area contributed by atoms with E-state index in [9.17, 15) is 14.0 Å². The van der Waals surface area contributed by atoms with Gasteiger partial charge in [0.05, 0.1) is 16.9 Å². The molecule has 2 aromatic carbocycles. The Labute approximate surface area is 195 Å². The van der Waals surface area contributed by atoms with E-state index in [-0.39, 0.29) is 17.4 Å². The topological polar surface area (TPSA) is 84.0 Å². The quantitative estimate of drug-likeness (QED) is 0.319. The Morgan fingerprint density at radius 3 is 2.59 bits per heavy atom. The van der Waals surface area contributed by atoms with Gasteiger partial charge in [0.1, 0.15) is 5.82 Å². The average molecular weight is 485 g/mol. The van der Waals surface area contributed by atoms with Crippen LogP contribution in [0.2, 0.25) is 0 Å². The van der Waals surface area contributed by atoms with Gasteiger partial charge in [-0.3, -0.25) is 14.9 Å². The molecule has 4 rings (SSSR count). The monoisotopic (exact) mass is 484 g/mol. The average Bonchev–Trinajstić information content (AvgIpc) is 3.44. The molecule has 0 fully saturated rings. The Kier molecular flexibility index (Phi) is 6.93. The van der Waals surface area contributed by atoms with Gasteiger partial charge in [0.15, 0.2) is 5.13 Å². The highest BCUT2D eigenvalue weighted by atomic mass is 32.2. The maximum absolute atomic E-state index is 14.4. The van der Waals surface area contributed by atoms with Crippen LogP contribution >= 0.6 is 34.4 Å². The van der Waals surface area contributed by atoms with E-state index in [1.54, 1.807) is 52.7 Å². The summed E-state index contributed by atoms with van der Waals surface area (Å²) < 4.78 is 14.4. The summed E-state index contributed by atoms with van der Waals surface area (Å²) in [6.07, 6.45) is 0. The molecule has 2 N–H and O–H groups in total. The van der Waals surface area contributed by atoms with Crippen molar-refractivity contribution in [1.82, 2.24) is 9.97 Å². The van der Waals surface area contributed by atoms with Gasteiger partial charge in [0, 0.05) is 45.1 Å². The van der Waals surface area contributed by atoms with Crippen LogP contribution in [-0.2, 0) is 10.5 Å². The van der Waals surface area contributed by atoms with Crippen LogP contribution < -0.4 is 10.6 Å². The summed E-state index contributed by atoms with van der Waals surface area (Å²) in [6.45, 7) is 1.36. The van der Waals surface area contributed by atoms with Gasteiger partial charge in [0.2, 0.25) is 5.91 Å². The minimum Gasteiger partial charge on any atom is -0.326 e. The first-order valence-corrected chi connectivity index (χ1v) is 12.2. The molecule has 0 saturated carbocycles. The number of hydrogen-bond donors (Lipinski definition) is 2. The number of nitrogens with one attached hydrogen (secondary N) is 2. The van der Waals surface area contributed by atoms with Crippen LogP contribution in [0.3, 0.4) is 0 Å². The molecule has 0 aliphatic heterocycles. The van der Waals surface area contributed by atoms with Crippen molar-refractivity contribution in [2.24, 2.45) is 0 Å². The third-order valence-corrected chi connectivity index (χ3v) is 6.72. The van der Waals surface area contributed by atoms with Crippen LogP contribution in [0.1, 0.15) is 23.0 Å². The molecule has 2 amide bonds. The van der Waals surface area contributed by atoms with E-state index < -0.39 is 5.82 Å². The lowest BCUT2D eigenvalue weighted by molar-refractivity contribution is -0.114. The summed E-state index contributed by atoms with van der Waals surface area (Å²) in [7, 11) is 0. The standard InChI is InChI=1S/C22H17FN4O2S3/c1-13(28)25-15-4-7-18(19(23)8-15)20-11-32-22(26-20)27-21(29)14-2-5-17(6-3-14)31-10-16-9-30-12-24-16/h2-9,11-12H,10H2,1H3,(H,25,28)(H,26,27,29). The van der Waals surface area contributed by atoms with E-state index in [1.807, 2.05) is 23.0 Å². The number of hydrogen-bond acceptors (Lipinski definition) is 7. The number of rotatable bonds is 7. The van der Waals surface area contributed by atoms with Crippen LogP contribution in [0.5, 0.6) is 0 Å². The largest absolute Gasteiger partial charge is 0.326 e. The second-order valence-electron chi connectivity index (χ2n) is 6.66. The molecule has 0 aliphatic rings. The lowest BCUT2D eigenvalue weighted by Crippen LogP contribution is -2.11. The van der Waals surface area contributed by atoms with Crippen molar-refractivity contribution in [2.75, 3.05) is 10.6 Å². The zero-order valence-electron chi connectivity index (χ0n) is 16.8. The van der Waals surface area contributed by atoms with Crippen molar-refractivity contribution in [1.29, 1.82) is 0 Å². The van der Waals surface area contributed by atoms with E-state index in [0.29, 0.717) is 22.1 Å². The van der Waals surface area contributed by atoms with Crippen molar-refractivity contribution < 1.29 is 14.0 Å². The normalized spacial score (nSPS) is 10.7. The van der Waals surface area contributed by atoms with Crippen LogP contribution in [0.4, 0.5) is 15.2 Å². The molecule has 0 spiro atoms. The van der Waals surface area contributed by atoms with E-state index in [0.717, 1.165) is 16.3 Å². The fraction of sp³-hybridized carbons (Fsp3) is 0.0909. The Morgan fingerprint density at radius 2 is 1.91 bits per heavy atom. The molecule has 0 unspecified atom stereocenters. The van der Waals surface area contributed by atoms with E-state index in [4.69, 9.17) is 0 Å². The number of aromatic nitrogens is 2. The van der Waals surface area contributed by atoms with Crippen molar-refractivity contribution in [3.05, 3.63) is 75.8 Å². The van der Waals surface area contributed by atoms with Gasteiger partial charge in [-0.2, -0.15) is 0 Å². The van der Waals surface area contributed by atoms with Gasteiger partial charge in [-0.05, 0) is 42.5 Å². The summed E-state index contributed by atoms with van der Waals surface area (Å²) in [6, 6.07) is 11.7. The number of anilines is 2. The third-order valence-electron chi connectivity index (χ3n) is 4.28. The highest BCUT2D eigenvalue weighted by Gasteiger charge is 2.13. The van der Waals surface area contributed by atoms with Gasteiger partial charge in [-0.15, -0.1) is 34.4 Å². The molecule has 6 nitrogen and oxygen atoms in total. The number of thiazole rings is 2. The Hall–Kier alpha value is -3.08. The maximum Gasteiger partial charge on any atom is 0.257 e. The number of carbonyl (C=O) groups is 2. The van der Waals surface area contributed by atoms with Crippen LogP contribution in [0, 0.1) is 5.82 Å². The summed E-state index contributed by atoms with van der Waals surface area (Å²) in [5, 5.41) is 9.35. The first-order valence-electron chi connectivity index (χ1n) is 9.42. The first-order chi connectivity index (χ1) is 15.5. The molecular weight excluding hydrogens is 467 g/mol. The molecule has 2 heterocycles. The van der Waals surface area contributed by atoms with Crippen molar-refractivity contribution in [3.8, 4) is 11.3 Å². The van der Waals surface area contributed by atoms with E-state index in [1.165, 1.54) is 24.3 Å². The molecule has 32 heavy (non-hydrogen) atoms. The zero-order valence-corrected chi connectivity index (χ0v) is 19.2. The number of thioether (sulfide) groups is 1. The number of benzene rings is 2. The fourth-order valence-electron chi connectivity index (χ4n) is 2.80. The van der Waals surface area contributed by atoms with Crippen molar-refractivity contribution >= 4 is 57.1 Å². The Balaban J connectivity index is 1.38. The summed E-state index contributed by atoms with van der Waals surface area (Å²) in [4.78, 5) is 33.3. The predicted octanol–water partition coefficient (Wildman–Crippen LogP) is 5.91. The molecule has 2 aromatic heterocycles. The molecule has 0 atom stereocenters. The molecule has 162 valence electrons. The fourth-order valence-corrected chi connectivity index (χ4v) is 4.97. The Bertz CT molecular complexity index is 1240. The summed E-state index contributed by atoms with van der Waals surface area (Å²) >= 11 is 4.43. The van der Waals surface area contributed by atoms with Crippen LogP contribution in [0.25, 0.3) is 11.3 Å². The first kappa shape index (κ1) is 22.1. The molecule has 0 bridgehead atoms. The van der Waals surface area contributed by atoms with E-state index in [2.05, 4.69) is 20.6 Å². The zero-order chi connectivity index (χ0) is 22.5. The van der Waals surface area contributed by atoms with Gasteiger partial charge in [-0.1, -0.05) is 0 Å². The smallest absolute Gasteiger partial charge is 0.257 e. The molecule has 4 aromatic rings. The highest BCUT2D eigenvalue weighted by molar-refractivity contribution is 7.98. The van der Waals surface area contributed by atoms with Gasteiger partial charge in [-0.25, -0.2) is 14.4 Å². The lowest BCUT2D eigenvalue weighted by Gasteiger charge is -2.05. The van der Waals surface area contributed by atoms with Gasteiger partial charge < -0.3 is 5.32 Å². The lowest BCUT2D eigenvalue weighted by atomic mass is 10.1. The van der Waals surface area contributed by atoms with Crippen LogP contribution in [0.15, 0.2) is 63.6 Å². The molecule has 0 aliphatic carbocycles. The number of carbonyl (C=O) groups excluding carboxylic acids is 2. The minimum atomic E-state index is -0.509. The second-order valence-corrected chi connectivity index (χ2v) is 9.29. The minimum absolute atomic E-state index is 0.276. The number of halogens is 1. The Morgan fingerprint density at radius 1 is 1.09 bits per heavy atom. The maximum atomic E-state index is 14.4. The highest BCUT2D eigenvalue weighted by Crippen LogP contribution is 2.29. The number of nitrogens with zero attached hydrogens (tertiary/aromatic N) is 2. The summed E-state index contributed by atoms with van der Waals surface area (Å²) in [5.41, 5.74) is 4.41. The van der Waals surface area contributed by atoms with Gasteiger partial charge >= 0.3 is 0 Å². The predicted molar refractivity (Wildman–Crippen MR) is 128 cm³/mol.